The van der Waals surface area contributed by atoms with Crippen LogP contribution in [0.15, 0.2) is 52.0 Å². The summed E-state index contributed by atoms with van der Waals surface area (Å²) in [7, 11) is 0. The van der Waals surface area contributed by atoms with Gasteiger partial charge in [0.1, 0.15) is 12.3 Å². The fourth-order valence-electron chi connectivity index (χ4n) is 2.31. The molecule has 0 spiro atoms. The largest absolute Gasteiger partial charge is 0.469 e. The van der Waals surface area contributed by atoms with E-state index in [9.17, 15) is 9.59 Å². The molecular weight excluding hydrogens is 300 g/mol. The van der Waals surface area contributed by atoms with E-state index in [1.165, 1.54) is 11.8 Å². The molecule has 6 heteroatoms. The van der Waals surface area contributed by atoms with Crippen LogP contribution in [-0.2, 0) is 16.0 Å². The molecule has 0 atom stereocenters. The molecule has 0 fully saturated rings. The molecule has 1 N–H and O–H groups in total. The average Bonchev–Trinajstić information content (AvgIpc) is 3.03. The van der Waals surface area contributed by atoms with Crippen LogP contribution in [0.4, 0.5) is 5.69 Å². The van der Waals surface area contributed by atoms with E-state index >= 15 is 0 Å². The first-order chi connectivity index (χ1) is 10.7. The second kappa shape index (κ2) is 6.70. The zero-order valence-corrected chi connectivity index (χ0v) is 12.8. The summed E-state index contributed by atoms with van der Waals surface area (Å²) in [5.74, 6) is 0.999. The molecule has 0 unspecified atom stereocenters. The van der Waals surface area contributed by atoms with E-state index in [1.54, 1.807) is 11.2 Å². The number of amides is 2. The van der Waals surface area contributed by atoms with Gasteiger partial charge in [-0.25, -0.2) is 0 Å². The van der Waals surface area contributed by atoms with Gasteiger partial charge in [0.05, 0.1) is 17.7 Å². The number of rotatable bonds is 5. The Hall–Kier alpha value is -2.21. The van der Waals surface area contributed by atoms with Crippen molar-refractivity contribution in [2.75, 3.05) is 23.7 Å². The number of carbonyl (C=O) groups is 2. The molecule has 0 aliphatic carbocycles. The van der Waals surface area contributed by atoms with Crippen molar-refractivity contribution in [3.63, 3.8) is 0 Å². The molecule has 2 aromatic rings. The lowest BCUT2D eigenvalue weighted by atomic mass is 10.2. The van der Waals surface area contributed by atoms with Crippen LogP contribution in [-0.4, -0.2) is 30.7 Å². The van der Waals surface area contributed by atoms with Crippen molar-refractivity contribution >= 4 is 29.3 Å². The average molecular weight is 316 g/mol. The van der Waals surface area contributed by atoms with Gasteiger partial charge in [-0.1, -0.05) is 12.1 Å². The number of nitrogens with one attached hydrogen (secondary N) is 1. The highest BCUT2D eigenvalue weighted by molar-refractivity contribution is 8.00. The molecule has 114 valence electrons. The van der Waals surface area contributed by atoms with Crippen LogP contribution in [0.5, 0.6) is 0 Å². The summed E-state index contributed by atoms with van der Waals surface area (Å²) >= 11 is 1.51. The lowest BCUT2D eigenvalue weighted by Gasteiger charge is -2.28. The van der Waals surface area contributed by atoms with Crippen molar-refractivity contribution < 1.29 is 14.0 Å². The maximum absolute atomic E-state index is 12.1. The highest BCUT2D eigenvalue weighted by Gasteiger charge is 2.25. The molecule has 1 aromatic heterocycles. The molecule has 22 heavy (non-hydrogen) atoms. The minimum Gasteiger partial charge on any atom is -0.469 e. The molecule has 2 amide bonds. The molecule has 1 aliphatic heterocycles. The Labute approximate surface area is 132 Å². The summed E-state index contributed by atoms with van der Waals surface area (Å²) < 4.78 is 5.21. The van der Waals surface area contributed by atoms with Gasteiger partial charge in [-0.15, -0.1) is 11.8 Å². The number of anilines is 1. The van der Waals surface area contributed by atoms with Gasteiger partial charge in [-0.3, -0.25) is 9.59 Å². The van der Waals surface area contributed by atoms with E-state index in [1.807, 2.05) is 36.4 Å². The van der Waals surface area contributed by atoms with E-state index in [2.05, 4.69) is 5.32 Å². The van der Waals surface area contributed by atoms with E-state index < -0.39 is 0 Å². The molecule has 0 saturated heterocycles. The van der Waals surface area contributed by atoms with E-state index in [0.29, 0.717) is 18.7 Å². The van der Waals surface area contributed by atoms with Crippen LogP contribution in [0.3, 0.4) is 0 Å². The lowest BCUT2D eigenvalue weighted by Crippen LogP contribution is -2.43. The minimum atomic E-state index is -0.165. The number of furan rings is 1. The van der Waals surface area contributed by atoms with Gasteiger partial charge in [0.25, 0.3) is 0 Å². The first kappa shape index (κ1) is 14.7. The van der Waals surface area contributed by atoms with Crippen molar-refractivity contribution in [1.29, 1.82) is 0 Å². The van der Waals surface area contributed by atoms with Crippen molar-refractivity contribution in [2.24, 2.45) is 0 Å². The molecule has 0 bridgehead atoms. The normalized spacial score (nSPS) is 13.8. The standard InChI is InChI=1S/C16H16N2O3S/c19-15(17-8-7-12-4-3-9-21-12)10-18-13-5-1-2-6-14(13)22-11-16(18)20/h1-6,9H,7-8,10-11H2,(H,17,19). The Balaban J connectivity index is 1.58. The van der Waals surface area contributed by atoms with Gasteiger partial charge >= 0.3 is 0 Å². The van der Waals surface area contributed by atoms with Crippen LogP contribution < -0.4 is 10.2 Å². The van der Waals surface area contributed by atoms with Crippen LogP contribution >= 0.6 is 11.8 Å². The summed E-state index contributed by atoms with van der Waals surface area (Å²) in [6.45, 7) is 0.541. The van der Waals surface area contributed by atoms with Crippen LogP contribution in [0.1, 0.15) is 5.76 Å². The van der Waals surface area contributed by atoms with E-state index in [0.717, 1.165) is 16.3 Å². The summed E-state index contributed by atoms with van der Waals surface area (Å²) in [4.78, 5) is 26.7. The molecule has 0 saturated carbocycles. The maximum atomic E-state index is 12.1. The van der Waals surface area contributed by atoms with Crippen LogP contribution in [0.2, 0.25) is 0 Å². The first-order valence-electron chi connectivity index (χ1n) is 7.05. The molecule has 1 aliphatic rings. The van der Waals surface area contributed by atoms with Gasteiger partial charge in [-0.05, 0) is 24.3 Å². The zero-order chi connectivity index (χ0) is 15.4. The Morgan fingerprint density at radius 1 is 1.27 bits per heavy atom. The third kappa shape index (κ3) is 3.33. The quantitative estimate of drug-likeness (QED) is 0.917. The van der Waals surface area contributed by atoms with Gasteiger partial charge < -0.3 is 14.6 Å². The number of fused-ring (bicyclic) bond motifs is 1. The SMILES string of the molecule is O=C(CN1C(=O)CSc2ccccc21)NCCc1ccco1. The third-order valence-corrected chi connectivity index (χ3v) is 4.43. The van der Waals surface area contributed by atoms with Crippen LogP contribution in [0.25, 0.3) is 0 Å². The number of hydrogen-bond donors (Lipinski definition) is 1. The molecule has 0 radical (unpaired) electrons. The number of para-hydroxylation sites is 1. The monoisotopic (exact) mass is 316 g/mol. The first-order valence-corrected chi connectivity index (χ1v) is 8.04. The number of benzene rings is 1. The minimum absolute atomic E-state index is 0.0371. The van der Waals surface area contributed by atoms with E-state index in [-0.39, 0.29) is 18.4 Å². The molecule has 5 nitrogen and oxygen atoms in total. The summed E-state index contributed by atoms with van der Waals surface area (Å²) in [5, 5.41) is 2.82. The second-order valence-electron chi connectivity index (χ2n) is 4.92. The lowest BCUT2D eigenvalue weighted by molar-refractivity contribution is -0.122. The maximum Gasteiger partial charge on any atom is 0.240 e. The molecular formula is C16H16N2O3S. The fourth-order valence-corrected chi connectivity index (χ4v) is 3.24. The Morgan fingerprint density at radius 3 is 2.95 bits per heavy atom. The predicted octanol–water partition coefficient (Wildman–Crippen LogP) is 2.08. The number of hydrogen-bond acceptors (Lipinski definition) is 4. The fraction of sp³-hybridized carbons (Fsp3) is 0.250. The number of thioether (sulfide) groups is 1. The summed E-state index contributed by atoms with van der Waals surface area (Å²) in [6.07, 6.45) is 2.25. The van der Waals surface area contributed by atoms with Gasteiger partial charge in [0.15, 0.2) is 0 Å². The van der Waals surface area contributed by atoms with Crippen molar-refractivity contribution in [3.8, 4) is 0 Å². The molecule has 1 aromatic carbocycles. The Kier molecular flexibility index (Phi) is 4.48. The summed E-state index contributed by atoms with van der Waals surface area (Å²) in [5.41, 5.74) is 0.810. The van der Waals surface area contributed by atoms with Gasteiger partial charge in [-0.2, -0.15) is 0 Å². The smallest absolute Gasteiger partial charge is 0.240 e. The molecule has 3 rings (SSSR count). The topological polar surface area (TPSA) is 62.6 Å². The van der Waals surface area contributed by atoms with E-state index in [4.69, 9.17) is 4.42 Å². The predicted molar refractivity (Wildman–Crippen MR) is 84.9 cm³/mol. The second-order valence-corrected chi connectivity index (χ2v) is 5.93. The van der Waals surface area contributed by atoms with Crippen molar-refractivity contribution in [3.05, 3.63) is 48.4 Å². The highest BCUT2D eigenvalue weighted by atomic mass is 32.2. The number of carbonyl (C=O) groups excluding carboxylic acids is 2. The van der Waals surface area contributed by atoms with Crippen molar-refractivity contribution in [2.45, 2.75) is 11.3 Å². The van der Waals surface area contributed by atoms with Gasteiger partial charge in [0.2, 0.25) is 11.8 Å². The highest BCUT2D eigenvalue weighted by Crippen LogP contribution is 2.34. The zero-order valence-electron chi connectivity index (χ0n) is 12.0. The van der Waals surface area contributed by atoms with Gasteiger partial charge in [0, 0.05) is 17.9 Å². The number of nitrogens with zero attached hydrogens (tertiary/aromatic N) is 1. The Bertz CT molecular complexity index is 670. The Morgan fingerprint density at radius 2 is 2.14 bits per heavy atom. The molecule has 2 heterocycles. The van der Waals surface area contributed by atoms with Crippen LogP contribution in [0, 0.1) is 0 Å². The van der Waals surface area contributed by atoms with Crippen molar-refractivity contribution in [1.82, 2.24) is 5.32 Å². The summed E-state index contributed by atoms with van der Waals surface area (Å²) in [6, 6.07) is 11.3. The third-order valence-electron chi connectivity index (χ3n) is 3.38.